The zero-order valence-corrected chi connectivity index (χ0v) is 14.3. The molecule has 2 aliphatic heterocycles. The number of benzene rings is 1. The fourth-order valence-corrected chi connectivity index (χ4v) is 3.87. The van der Waals surface area contributed by atoms with Crippen LogP contribution in [0.25, 0.3) is 5.69 Å². The summed E-state index contributed by atoms with van der Waals surface area (Å²) >= 11 is 0. The number of nitrogens with zero attached hydrogens (tertiary/aromatic N) is 4. The van der Waals surface area contributed by atoms with E-state index >= 15 is 0 Å². The van der Waals surface area contributed by atoms with Gasteiger partial charge in [0.2, 0.25) is 0 Å². The summed E-state index contributed by atoms with van der Waals surface area (Å²) in [6, 6.07) is 6.81. The molecular formula is C18H23N5O2. The molecule has 0 amide bonds. The van der Waals surface area contributed by atoms with E-state index in [1.54, 1.807) is 16.8 Å². The Kier molecular flexibility index (Phi) is 4.40. The highest BCUT2D eigenvalue weighted by Gasteiger charge is 2.26. The summed E-state index contributed by atoms with van der Waals surface area (Å²) in [5, 5.41) is 19.5. The molecule has 0 aliphatic carbocycles. The minimum absolute atomic E-state index is 0.0871. The van der Waals surface area contributed by atoms with Crippen LogP contribution < -0.4 is 5.32 Å². The first-order chi connectivity index (χ1) is 12.2. The average molecular weight is 341 g/mol. The number of rotatable bonds is 5. The molecule has 0 bridgehead atoms. The van der Waals surface area contributed by atoms with Gasteiger partial charge >= 0.3 is 0 Å². The van der Waals surface area contributed by atoms with Crippen molar-refractivity contribution in [2.24, 2.45) is 0 Å². The average Bonchev–Trinajstić information content (AvgIpc) is 3.24. The maximum atomic E-state index is 11.4. The number of aromatic nitrogens is 2. The van der Waals surface area contributed by atoms with E-state index in [1.165, 1.54) is 44.0 Å². The molecule has 3 heterocycles. The molecule has 1 fully saturated rings. The topological polar surface area (TPSA) is 76.2 Å². The Morgan fingerprint density at radius 1 is 1.20 bits per heavy atom. The number of likely N-dealkylation sites (tertiary alicyclic amines) is 1. The standard InChI is InChI=1S/C18H23N5O2/c24-23(25)17-7-3-2-6-16(17)22-18-14(8-10-19-18)15(20-22)9-13-21-11-4-1-5-12-21/h2-3,6-7,19H,1,4-5,8-13H2. The molecule has 2 aromatic rings. The van der Waals surface area contributed by atoms with Gasteiger partial charge in [-0.15, -0.1) is 0 Å². The van der Waals surface area contributed by atoms with Crippen molar-refractivity contribution >= 4 is 11.5 Å². The van der Waals surface area contributed by atoms with Gasteiger partial charge in [0.05, 0.1) is 10.6 Å². The van der Waals surface area contributed by atoms with Crippen LogP contribution in [0.1, 0.15) is 30.5 Å². The molecule has 1 N–H and O–H groups in total. The first kappa shape index (κ1) is 16.1. The number of piperidine rings is 1. The second kappa shape index (κ2) is 6.84. The summed E-state index contributed by atoms with van der Waals surface area (Å²) in [7, 11) is 0. The molecule has 0 radical (unpaired) electrons. The number of fused-ring (bicyclic) bond motifs is 1. The van der Waals surface area contributed by atoms with Crippen LogP contribution in [0.2, 0.25) is 0 Å². The zero-order valence-electron chi connectivity index (χ0n) is 14.3. The number of hydrogen-bond donors (Lipinski definition) is 1. The lowest BCUT2D eigenvalue weighted by atomic mass is 10.1. The SMILES string of the molecule is O=[N+]([O-])c1ccccc1-n1nc(CCN2CCCCC2)c2c1NCC2. The van der Waals surface area contributed by atoms with Crippen molar-refractivity contribution in [2.45, 2.75) is 32.1 Å². The Hall–Kier alpha value is -2.41. The Balaban J connectivity index is 1.63. The van der Waals surface area contributed by atoms with E-state index in [1.807, 2.05) is 6.07 Å². The van der Waals surface area contributed by atoms with Crippen molar-refractivity contribution in [3.05, 3.63) is 45.6 Å². The predicted octanol–water partition coefficient (Wildman–Crippen LogP) is 2.78. The lowest BCUT2D eigenvalue weighted by molar-refractivity contribution is -0.384. The molecule has 0 saturated carbocycles. The van der Waals surface area contributed by atoms with Crippen molar-refractivity contribution in [1.82, 2.24) is 14.7 Å². The van der Waals surface area contributed by atoms with Crippen molar-refractivity contribution in [1.29, 1.82) is 0 Å². The van der Waals surface area contributed by atoms with Crippen LogP contribution in [-0.2, 0) is 12.8 Å². The Labute approximate surface area is 146 Å². The second-order valence-corrected chi connectivity index (χ2v) is 6.76. The Bertz CT molecular complexity index is 780. The number of anilines is 1. The summed E-state index contributed by atoms with van der Waals surface area (Å²) in [4.78, 5) is 13.5. The van der Waals surface area contributed by atoms with Gasteiger partial charge in [0.15, 0.2) is 0 Å². The zero-order chi connectivity index (χ0) is 17.2. The third-order valence-corrected chi connectivity index (χ3v) is 5.15. The van der Waals surface area contributed by atoms with Crippen molar-refractivity contribution < 1.29 is 4.92 Å². The minimum atomic E-state index is -0.342. The largest absolute Gasteiger partial charge is 0.369 e. The van der Waals surface area contributed by atoms with E-state index < -0.39 is 0 Å². The molecule has 1 aromatic carbocycles. The second-order valence-electron chi connectivity index (χ2n) is 6.76. The van der Waals surface area contributed by atoms with E-state index in [4.69, 9.17) is 5.10 Å². The number of para-hydroxylation sites is 2. The van der Waals surface area contributed by atoms with Crippen LogP contribution in [0.5, 0.6) is 0 Å². The van der Waals surface area contributed by atoms with E-state index in [2.05, 4.69) is 10.2 Å². The van der Waals surface area contributed by atoms with Gasteiger partial charge in [0.25, 0.3) is 5.69 Å². The van der Waals surface area contributed by atoms with Crippen LogP contribution in [-0.4, -0.2) is 45.8 Å². The lowest BCUT2D eigenvalue weighted by Crippen LogP contribution is -2.31. The molecule has 25 heavy (non-hydrogen) atoms. The van der Waals surface area contributed by atoms with Gasteiger partial charge in [-0.3, -0.25) is 10.1 Å². The first-order valence-electron chi connectivity index (χ1n) is 9.05. The monoisotopic (exact) mass is 341 g/mol. The highest BCUT2D eigenvalue weighted by Crippen LogP contribution is 2.32. The number of hydrogen-bond acceptors (Lipinski definition) is 5. The molecule has 7 heteroatoms. The van der Waals surface area contributed by atoms with Crippen molar-refractivity contribution in [2.75, 3.05) is 31.5 Å². The van der Waals surface area contributed by atoms with Gasteiger partial charge in [-0.1, -0.05) is 18.6 Å². The summed E-state index contributed by atoms with van der Waals surface area (Å²) in [5.41, 5.74) is 2.91. The smallest absolute Gasteiger partial charge is 0.294 e. The normalized spacial score (nSPS) is 17.3. The molecule has 7 nitrogen and oxygen atoms in total. The van der Waals surface area contributed by atoms with Crippen LogP contribution in [0.3, 0.4) is 0 Å². The van der Waals surface area contributed by atoms with E-state index in [0.29, 0.717) is 5.69 Å². The Morgan fingerprint density at radius 3 is 2.80 bits per heavy atom. The highest BCUT2D eigenvalue weighted by atomic mass is 16.6. The summed E-state index contributed by atoms with van der Waals surface area (Å²) in [5.74, 6) is 0.919. The van der Waals surface area contributed by atoms with Gasteiger partial charge in [-0.05, 0) is 38.4 Å². The van der Waals surface area contributed by atoms with Crippen LogP contribution in [0.15, 0.2) is 24.3 Å². The number of nitrogens with one attached hydrogen (secondary N) is 1. The van der Waals surface area contributed by atoms with E-state index in [-0.39, 0.29) is 10.6 Å². The van der Waals surface area contributed by atoms with Crippen LogP contribution in [0, 0.1) is 10.1 Å². The third kappa shape index (κ3) is 3.11. The molecule has 1 saturated heterocycles. The third-order valence-electron chi connectivity index (χ3n) is 5.15. The van der Waals surface area contributed by atoms with Crippen LogP contribution in [0.4, 0.5) is 11.5 Å². The summed E-state index contributed by atoms with van der Waals surface area (Å²) < 4.78 is 1.73. The van der Waals surface area contributed by atoms with Crippen molar-refractivity contribution in [3.63, 3.8) is 0 Å². The molecule has 4 rings (SSSR count). The fraction of sp³-hybridized carbons (Fsp3) is 0.500. The maximum absolute atomic E-state index is 11.4. The fourth-order valence-electron chi connectivity index (χ4n) is 3.87. The van der Waals surface area contributed by atoms with E-state index in [0.717, 1.165) is 37.4 Å². The number of nitro groups is 1. The molecular weight excluding hydrogens is 318 g/mol. The first-order valence-corrected chi connectivity index (χ1v) is 9.05. The van der Waals surface area contributed by atoms with Crippen molar-refractivity contribution in [3.8, 4) is 5.69 Å². The number of nitro benzene ring substituents is 1. The molecule has 132 valence electrons. The minimum Gasteiger partial charge on any atom is -0.369 e. The maximum Gasteiger partial charge on any atom is 0.294 e. The van der Waals surface area contributed by atoms with Gasteiger partial charge in [-0.25, -0.2) is 4.68 Å². The molecule has 0 spiro atoms. The van der Waals surface area contributed by atoms with Gasteiger partial charge in [0.1, 0.15) is 11.5 Å². The van der Waals surface area contributed by atoms with Gasteiger partial charge in [0, 0.05) is 31.1 Å². The highest BCUT2D eigenvalue weighted by molar-refractivity contribution is 5.62. The lowest BCUT2D eigenvalue weighted by Gasteiger charge is -2.26. The van der Waals surface area contributed by atoms with Gasteiger partial charge in [-0.2, -0.15) is 5.10 Å². The summed E-state index contributed by atoms with van der Waals surface area (Å²) in [6.45, 7) is 4.22. The van der Waals surface area contributed by atoms with E-state index in [9.17, 15) is 10.1 Å². The molecule has 1 aromatic heterocycles. The van der Waals surface area contributed by atoms with Crippen LogP contribution >= 0.6 is 0 Å². The predicted molar refractivity (Wildman–Crippen MR) is 96.4 cm³/mol. The Morgan fingerprint density at radius 2 is 2.00 bits per heavy atom. The van der Waals surface area contributed by atoms with Gasteiger partial charge < -0.3 is 10.2 Å². The quantitative estimate of drug-likeness (QED) is 0.668. The summed E-state index contributed by atoms with van der Waals surface area (Å²) in [6.07, 6.45) is 5.74. The molecule has 0 atom stereocenters. The molecule has 2 aliphatic rings. The molecule has 0 unspecified atom stereocenters.